The van der Waals surface area contributed by atoms with Crippen LogP contribution in [0.3, 0.4) is 0 Å². The standard InChI is InChI=1S/C18H17F2NO5S/c19-17(20)26-12-3-1-11(2-4-12)13-5-6-14(27-13)16(24)21-18(9-15(22)23)7-8-25-10-18/h1-6,17H,7-10H2,(H,21,24)(H,22,23). The van der Waals surface area contributed by atoms with Crippen LogP contribution in [0.4, 0.5) is 8.78 Å². The highest BCUT2D eigenvalue weighted by atomic mass is 32.1. The second-order valence-electron chi connectivity index (χ2n) is 6.17. The molecule has 6 nitrogen and oxygen atoms in total. The van der Waals surface area contributed by atoms with E-state index >= 15 is 0 Å². The summed E-state index contributed by atoms with van der Waals surface area (Å²) < 4.78 is 34.0. The number of benzene rings is 1. The Balaban J connectivity index is 1.71. The first-order valence-electron chi connectivity index (χ1n) is 8.14. The minimum atomic E-state index is -2.88. The molecule has 2 heterocycles. The first kappa shape index (κ1) is 19.2. The lowest BCUT2D eigenvalue weighted by atomic mass is 9.94. The molecule has 0 bridgehead atoms. The molecule has 3 rings (SSSR count). The van der Waals surface area contributed by atoms with Crippen LogP contribution in [0.2, 0.25) is 0 Å². The van der Waals surface area contributed by atoms with Crippen LogP contribution in [0.1, 0.15) is 22.5 Å². The summed E-state index contributed by atoms with van der Waals surface area (Å²) in [5.41, 5.74) is -0.147. The van der Waals surface area contributed by atoms with Gasteiger partial charge in [0.1, 0.15) is 5.75 Å². The molecule has 1 fully saturated rings. The number of carboxylic acids is 1. The van der Waals surface area contributed by atoms with Crippen molar-refractivity contribution in [2.75, 3.05) is 13.2 Å². The Hall–Kier alpha value is -2.52. The molecular formula is C18H17F2NO5S. The molecule has 1 aliphatic heterocycles. The van der Waals surface area contributed by atoms with Gasteiger partial charge < -0.3 is 19.9 Å². The van der Waals surface area contributed by atoms with E-state index in [0.29, 0.717) is 17.9 Å². The highest BCUT2D eigenvalue weighted by molar-refractivity contribution is 7.17. The molecule has 0 spiro atoms. The van der Waals surface area contributed by atoms with Gasteiger partial charge in [0, 0.05) is 11.5 Å². The highest BCUT2D eigenvalue weighted by Crippen LogP contribution is 2.31. The summed E-state index contributed by atoms with van der Waals surface area (Å²) in [6, 6.07) is 9.50. The molecule has 1 aliphatic rings. The predicted molar refractivity (Wildman–Crippen MR) is 94.3 cm³/mol. The third kappa shape index (κ3) is 4.81. The number of hydrogen-bond acceptors (Lipinski definition) is 5. The molecule has 27 heavy (non-hydrogen) atoms. The molecule has 1 unspecified atom stereocenters. The average Bonchev–Trinajstić information content (AvgIpc) is 3.24. The van der Waals surface area contributed by atoms with Gasteiger partial charge in [-0.3, -0.25) is 9.59 Å². The lowest BCUT2D eigenvalue weighted by Crippen LogP contribution is -2.50. The van der Waals surface area contributed by atoms with Crippen molar-refractivity contribution in [3.8, 4) is 16.2 Å². The Bertz CT molecular complexity index is 815. The maximum Gasteiger partial charge on any atom is 0.387 e. The van der Waals surface area contributed by atoms with Gasteiger partial charge in [-0.25, -0.2) is 0 Å². The van der Waals surface area contributed by atoms with Crippen LogP contribution in [-0.2, 0) is 9.53 Å². The number of halogens is 2. The number of aliphatic carboxylic acids is 1. The number of carbonyl (C=O) groups excluding carboxylic acids is 1. The monoisotopic (exact) mass is 397 g/mol. The molecule has 2 aromatic rings. The second-order valence-corrected chi connectivity index (χ2v) is 7.26. The van der Waals surface area contributed by atoms with Crippen LogP contribution >= 0.6 is 11.3 Å². The summed E-state index contributed by atoms with van der Waals surface area (Å²) >= 11 is 1.23. The fourth-order valence-electron chi connectivity index (χ4n) is 2.90. The van der Waals surface area contributed by atoms with E-state index in [0.717, 1.165) is 10.4 Å². The molecule has 1 aromatic heterocycles. The zero-order chi connectivity index (χ0) is 19.4. The minimum Gasteiger partial charge on any atom is -0.481 e. The van der Waals surface area contributed by atoms with Crippen LogP contribution < -0.4 is 10.1 Å². The Morgan fingerprint density at radius 3 is 2.59 bits per heavy atom. The predicted octanol–water partition coefficient (Wildman–Crippen LogP) is 3.38. The first-order valence-corrected chi connectivity index (χ1v) is 8.96. The van der Waals surface area contributed by atoms with Gasteiger partial charge in [0.25, 0.3) is 5.91 Å². The Morgan fingerprint density at radius 2 is 2.00 bits per heavy atom. The van der Waals surface area contributed by atoms with E-state index in [-0.39, 0.29) is 24.7 Å². The lowest BCUT2D eigenvalue weighted by Gasteiger charge is -2.26. The molecule has 144 valence electrons. The van der Waals surface area contributed by atoms with E-state index in [1.165, 1.54) is 23.5 Å². The summed E-state index contributed by atoms with van der Waals surface area (Å²) in [6.45, 7) is -2.32. The molecule has 1 aromatic carbocycles. The molecule has 0 saturated carbocycles. The first-order chi connectivity index (χ1) is 12.9. The average molecular weight is 397 g/mol. The Kier molecular flexibility index (Phi) is 5.71. The molecular weight excluding hydrogens is 380 g/mol. The van der Waals surface area contributed by atoms with E-state index in [1.807, 2.05) is 0 Å². The zero-order valence-corrected chi connectivity index (χ0v) is 14.9. The van der Waals surface area contributed by atoms with E-state index in [1.54, 1.807) is 24.3 Å². The molecule has 1 amide bonds. The largest absolute Gasteiger partial charge is 0.481 e. The van der Waals surface area contributed by atoms with Crippen molar-refractivity contribution in [2.45, 2.75) is 25.0 Å². The summed E-state index contributed by atoms with van der Waals surface area (Å²) in [7, 11) is 0. The normalized spacial score (nSPS) is 19.2. The van der Waals surface area contributed by atoms with Crippen LogP contribution in [0.15, 0.2) is 36.4 Å². The van der Waals surface area contributed by atoms with Crippen LogP contribution in [0, 0.1) is 0 Å². The molecule has 1 atom stereocenters. The van der Waals surface area contributed by atoms with Crippen molar-refractivity contribution in [2.24, 2.45) is 0 Å². The van der Waals surface area contributed by atoms with Gasteiger partial charge in [-0.15, -0.1) is 11.3 Å². The topological polar surface area (TPSA) is 84.9 Å². The summed E-state index contributed by atoms with van der Waals surface area (Å²) in [5, 5.41) is 11.9. The quantitative estimate of drug-likeness (QED) is 0.748. The molecule has 0 aliphatic carbocycles. The van der Waals surface area contributed by atoms with Gasteiger partial charge in [-0.05, 0) is 48.4 Å². The number of nitrogens with one attached hydrogen (secondary N) is 1. The molecule has 1 saturated heterocycles. The number of hydrogen-bond donors (Lipinski definition) is 2. The molecule has 0 radical (unpaired) electrons. The fraction of sp³-hybridized carbons (Fsp3) is 0.333. The van der Waals surface area contributed by atoms with Gasteiger partial charge >= 0.3 is 12.6 Å². The zero-order valence-electron chi connectivity index (χ0n) is 14.1. The SMILES string of the molecule is O=C(O)CC1(NC(=O)c2ccc(-c3ccc(OC(F)F)cc3)s2)CCOC1. The van der Waals surface area contributed by atoms with Crippen molar-refractivity contribution >= 4 is 23.2 Å². The molecule has 9 heteroatoms. The van der Waals surface area contributed by atoms with Gasteiger partial charge in [0.2, 0.25) is 0 Å². The van der Waals surface area contributed by atoms with Gasteiger partial charge in [-0.2, -0.15) is 8.78 Å². The maximum absolute atomic E-state index is 12.6. The van der Waals surface area contributed by atoms with E-state index in [9.17, 15) is 18.4 Å². The van der Waals surface area contributed by atoms with E-state index < -0.39 is 18.1 Å². The number of rotatable bonds is 7. The maximum atomic E-state index is 12.6. The number of thiophene rings is 1. The Labute approximate surface area is 157 Å². The lowest BCUT2D eigenvalue weighted by molar-refractivity contribution is -0.138. The highest BCUT2D eigenvalue weighted by Gasteiger charge is 2.39. The van der Waals surface area contributed by atoms with Crippen LogP contribution in [-0.4, -0.2) is 42.3 Å². The summed E-state index contributed by atoms with van der Waals surface area (Å²) in [6.07, 6.45) is 0.234. The third-order valence-electron chi connectivity index (χ3n) is 4.17. The van der Waals surface area contributed by atoms with E-state index in [4.69, 9.17) is 9.84 Å². The number of amides is 1. The number of alkyl halides is 2. The van der Waals surface area contributed by atoms with Crippen LogP contribution in [0.25, 0.3) is 10.4 Å². The van der Waals surface area contributed by atoms with Crippen molar-refractivity contribution in [3.63, 3.8) is 0 Å². The van der Waals surface area contributed by atoms with Crippen LogP contribution in [0.5, 0.6) is 5.75 Å². The number of carbonyl (C=O) groups is 2. The van der Waals surface area contributed by atoms with Crippen molar-refractivity contribution < 1.29 is 33.0 Å². The van der Waals surface area contributed by atoms with Gasteiger partial charge in [0.15, 0.2) is 0 Å². The summed E-state index contributed by atoms with van der Waals surface area (Å²) in [4.78, 5) is 24.9. The van der Waals surface area contributed by atoms with Gasteiger partial charge in [-0.1, -0.05) is 0 Å². The van der Waals surface area contributed by atoms with Crippen molar-refractivity contribution in [3.05, 3.63) is 41.3 Å². The second kappa shape index (κ2) is 8.01. The van der Waals surface area contributed by atoms with Gasteiger partial charge in [0.05, 0.1) is 23.4 Å². The van der Waals surface area contributed by atoms with Crippen molar-refractivity contribution in [1.82, 2.24) is 5.32 Å². The van der Waals surface area contributed by atoms with Crippen molar-refractivity contribution in [1.29, 1.82) is 0 Å². The van der Waals surface area contributed by atoms with E-state index in [2.05, 4.69) is 10.1 Å². The third-order valence-corrected chi connectivity index (χ3v) is 5.30. The minimum absolute atomic E-state index is 0.0557. The number of ether oxygens (including phenoxy) is 2. The summed E-state index contributed by atoms with van der Waals surface area (Å²) in [5.74, 6) is -1.31. The molecule has 2 N–H and O–H groups in total. The number of carboxylic acid groups (broad SMARTS) is 1. The fourth-order valence-corrected chi connectivity index (χ4v) is 3.80. The Morgan fingerprint density at radius 1 is 1.26 bits per heavy atom. The smallest absolute Gasteiger partial charge is 0.387 e.